The summed E-state index contributed by atoms with van der Waals surface area (Å²) in [5.74, 6) is -0.109. The van der Waals surface area contributed by atoms with Crippen LogP contribution in [0.4, 0.5) is 5.69 Å². The Morgan fingerprint density at radius 3 is 2.69 bits per heavy atom. The first-order valence-corrected chi connectivity index (χ1v) is 10.6. The van der Waals surface area contributed by atoms with Crippen molar-refractivity contribution in [2.45, 2.75) is 11.8 Å². The van der Waals surface area contributed by atoms with E-state index < -0.39 is 15.9 Å². The monoisotopic (exact) mass is 415 g/mol. The summed E-state index contributed by atoms with van der Waals surface area (Å²) >= 11 is 0. The number of carbonyl (C=O) groups is 1. The second kappa shape index (κ2) is 9.05. The normalized spacial score (nSPS) is 14.8. The Morgan fingerprint density at radius 2 is 2.00 bits per heavy atom. The highest BCUT2D eigenvalue weighted by Crippen LogP contribution is 2.30. The third-order valence-electron chi connectivity index (χ3n) is 4.36. The van der Waals surface area contributed by atoms with Crippen molar-refractivity contribution in [2.75, 3.05) is 38.2 Å². The van der Waals surface area contributed by atoms with Gasteiger partial charge in [-0.3, -0.25) is 4.79 Å². The molecule has 8 nitrogen and oxygen atoms in total. The second-order valence-corrected chi connectivity index (χ2v) is 8.19. The number of hydrogen-bond acceptors (Lipinski definition) is 6. The van der Waals surface area contributed by atoms with Crippen LogP contribution in [0.25, 0.3) is 0 Å². The Bertz CT molecular complexity index is 1040. The lowest BCUT2D eigenvalue weighted by molar-refractivity contribution is 0.0730. The van der Waals surface area contributed by atoms with Crippen LogP contribution in [-0.4, -0.2) is 51.5 Å². The molecule has 1 fully saturated rings. The Morgan fingerprint density at radius 1 is 1.24 bits per heavy atom. The number of benzene rings is 2. The van der Waals surface area contributed by atoms with E-state index in [2.05, 4.69) is 5.32 Å². The largest absolute Gasteiger partial charge is 0.492 e. The van der Waals surface area contributed by atoms with Crippen LogP contribution < -0.4 is 10.1 Å². The molecule has 0 radical (unpaired) electrons. The van der Waals surface area contributed by atoms with Crippen molar-refractivity contribution in [2.24, 2.45) is 0 Å². The number of nitrogens with zero attached hydrogens (tertiary/aromatic N) is 2. The van der Waals surface area contributed by atoms with E-state index in [0.717, 1.165) is 0 Å². The highest BCUT2D eigenvalue weighted by molar-refractivity contribution is 7.89. The fourth-order valence-corrected chi connectivity index (χ4v) is 4.34. The number of morpholine rings is 1. The SMILES string of the molecule is CCOc1ccc(S(=O)(=O)N2CCOCC2)cc1NC(=O)c1cccc(C#N)c1. The molecule has 9 heteroatoms. The van der Waals surface area contributed by atoms with Crippen LogP contribution in [0.3, 0.4) is 0 Å². The van der Waals surface area contributed by atoms with Gasteiger partial charge >= 0.3 is 0 Å². The van der Waals surface area contributed by atoms with E-state index in [1.165, 1.54) is 28.6 Å². The minimum atomic E-state index is -3.72. The van der Waals surface area contributed by atoms with E-state index >= 15 is 0 Å². The molecule has 2 aromatic carbocycles. The molecule has 1 N–H and O–H groups in total. The smallest absolute Gasteiger partial charge is 0.255 e. The lowest BCUT2D eigenvalue weighted by Crippen LogP contribution is -2.40. The molecular weight excluding hydrogens is 394 g/mol. The molecule has 0 spiro atoms. The standard InChI is InChI=1S/C20H21N3O5S/c1-2-28-19-7-6-17(29(25,26)23-8-10-27-11-9-23)13-18(19)22-20(24)16-5-3-4-15(12-16)14-21/h3-7,12-13H,2,8-11H2,1H3,(H,22,24). The topological polar surface area (TPSA) is 109 Å². The minimum Gasteiger partial charge on any atom is -0.492 e. The van der Waals surface area contributed by atoms with Crippen LogP contribution in [0.5, 0.6) is 5.75 Å². The molecule has 1 aliphatic rings. The molecule has 1 saturated heterocycles. The van der Waals surface area contributed by atoms with Gasteiger partial charge in [-0.25, -0.2) is 8.42 Å². The Balaban J connectivity index is 1.92. The summed E-state index contributed by atoms with van der Waals surface area (Å²) in [5, 5.41) is 11.7. The maximum atomic E-state index is 12.9. The highest BCUT2D eigenvalue weighted by Gasteiger charge is 2.27. The molecule has 0 bridgehead atoms. The number of hydrogen-bond donors (Lipinski definition) is 1. The average Bonchev–Trinajstić information content (AvgIpc) is 2.75. The van der Waals surface area contributed by atoms with Crippen LogP contribution in [0, 0.1) is 11.3 Å². The maximum absolute atomic E-state index is 12.9. The van der Waals surface area contributed by atoms with E-state index in [-0.39, 0.29) is 29.2 Å². The van der Waals surface area contributed by atoms with Crippen molar-refractivity contribution in [1.82, 2.24) is 4.31 Å². The van der Waals surface area contributed by atoms with Crippen LogP contribution >= 0.6 is 0 Å². The number of nitriles is 1. The number of sulfonamides is 1. The molecule has 0 aliphatic carbocycles. The minimum absolute atomic E-state index is 0.0592. The molecule has 0 saturated carbocycles. The summed E-state index contributed by atoms with van der Waals surface area (Å²) in [6, 6.07) is 12.6. The first-order valence-electron chi connectivity index (χ1n) is 9.12. The van der Waals surface area contributed by atoms with Gasteiger partial charge in [-0.15, -0.1) is 0 Å². The predicted molar refractivity (Wildman–Crippen MR) is 106 cm³/mol. The molecule has 2 aromatic rings. The van der Waals surface area contributed by atoms with Gasteiger partial charge in [-0.05, 0) is 43.3 Å². The molecule has 1 aliphatic heterocycles. The number of ether oxygens (including phenoxy) is 2. The van der Waals surface area contributed by atoms with Crippen molar-refractivity contribution in [3.8, 4) is 11.8 Å². The summed E-state index contributed by atoms with van der Waals surface area (Å²) in [6.45, 7) is 3.38. The first-order chi connectivity index (χ1) is 14.0. The zero-order chi connectivity index (χ0) is 20.9. The summed E-state index contributed by atoms with van der Waals surface area (Å²) in [7, 11) is -3.72. The van der Waals surface area contributed by atoms with Gasteiger partial charge in [0.05, 0.1) is 42.0 Å². The lowest BCUT2D eigenvalue weighted by Gasteiger charge is -2.26. The number of anilines is 1. The van der Waals surface area contributed by atoms with E-state index in [1.807, 2.05) is 6.07 Å². The summed E-state index contributed by atoms with van der Waals surface area (Å²) in [4.78, 5) is 12.7. The summed E-state index contributed by atoms with van der Waals surface area (Å²) in [6.07, 6.45) is 0. The molecule has 0 atom stereocenters. The van der Waals surface area contributed by atoms with E-state index in [1.54, 1.807) is 25.1 Å². The van der Waals surface area contributed by atoms with Crippen molar-refractivity contribution in [3.05, 3.63) is 53.6 Å². The van der Waals surface area contributed by atoms with Gasteiger partial charge in [-0.2, -0.15) is 9.57 Å². The third kappa shape index (κ3) is 4.74. The molecule has 0 aromatic heterocycles. The number of amides is 1. The van der Waals surface area contributed by atoms with Crippen LogP contribution in [0.2, 0.25) is 0 Å². The van der Waals surface area contributed by atoms with Crippen LogP contribution in [-0.2, 0) is 14.8 Å². The lowest BCUT2D eigenvalue weighted by atomic mass is 10.1. The van der Waals surface area contributed by atoms with Gasteiger partial charge in [0, 0.05) is 18.7 Å². The van der Waals surface area contributed by atoms with E-state index in [4.69, 9.17) is 14.7 Å². The van der Waals surface area contributed by atoms with E-state index in [9.17, 15) is 13.2 Å². The van der Waals surface area contributed by atoms with Gasteiger partial charge in [-0.1, -0.05) is 6.07 Å². The van der Waals surface area contributed by atoms with Gasteiger partial charge in [0.1, 0.15) is 5.75 Å². The second-order valence-electron chi connectivity index (χ2n) is 6.25. The Labute approximate surface area is 169 Å². The highest BCUT2D eigenvalue weighted by atomic mass is 32.2. The van der Waals surface area contributed by atoms with Crippen molar-refractivity contribution < 1.29 is 22.7 Å². The van der Waals surface area contributed by atoms with Gasteiger partial charge in [0.2, 0.25) is 10.0 Å². The van der Waals surface area contributed by atoms with E-state index in [0.29, 0.717) is 31.1 Å². The molecule has 1 heterocycles. The van der Waals surface area contributed by atoms with Crippen LogP contribution in [0.1, 0.15) is 22.8 Å². The summed E-state index contributed by atoms with van der Waals surface area (Å²) in [5.41, 5.74) is 0.882. The zero-order valence-electron chi connectivity index (χ0n) is 15.9. The third-order valence-corrected chi connectivity index (χ3v) is 6.26. The molecule has 0 unspecified atom stereocenters. The Hall–Kier alpha value is -2.93. The number of nitrogens with one attached hydrogen (secondary N) is 1. The number of carbonyl (C=O) groups excluding carboxylic acids is 1. The predicted octanol–water partition coefficient (Wildman–Crippen LogP) is 2.23. The van der Waals surface area contributed by atoms with Crippen molar-refractivity contribution in [1.29, 1.82) is 5.26 Å². The quantitative estimate of drug-likeness (QED) is 0.775. The summed E-state index contributed by atoms with van der Waals surface area (Å²) < 4.78 is 38.0. The molecule has 29 heavy (non-hydrogen) atoms. The Kier molecular flexibility index (Phi) is 6.49. The molecule has 152 valence electrons. The van der Waals surface area contributed by atoms with Gasteiger partial charge in [0.15, 0.2) is 0 Å². The van der Waals surface area contributed by atoms with Gasteiger partial charge in [0.25, 0.3) is 5.91 Å². The molecular formula is C20H21N3O5S. The zero-order valence-corrected chi connectivity index (χ0v) is 16.7. The molecule has 3 rings (SSSR count). The van der Waals surface area contributed by atoms with Gasteiger partial charge < -0.3 is 14.8 Å². The van der Waals surface area contributed by atoms with Crippen molar-refractivity contribution >= 4 is 21.6 Å². The fourth-order valence-electron chi connectivity index (χ4n) is 2.91. The number of rotatable bonds is 6. The molecule has 1 amide bonds. The van der Waals surface area contributed by atoms with Crippen LogP contribution in [0.15, 0.2) is 47.4 Å². The maximum Gasteiger partial charge on any atom is 0.255 e. The first kappa shape index (κ1) is 20.8. The average molecular weight is 415 g/mol. The van der Waals surface area contributed by atoms with Crippen molar-refractivity contribution in [3.63, 3.8) is 0 Å². The fraction of sp³-hybridized carbons (Fsp3) is 0.300.